The van der Waals surface area contributed by atoms with Gasteiger partial charge in [0.05, 0.1) is 0 Å². The highest BCUT2D eigenvalue weighted by Gasteiger charge is 2.32. The van der Waals surface area contributed by atoms with E-state index >= 15 is 0 Å². The van der Waals surface area contributed by atoms with Crippen LogP contribution in [0.3, 0.4) is 0 Å². The minimum Gasteiger partial charge on any atom is -0.271 e. The lowest BCUT2D eigenvalue weighted by molar-refractivity contribution is 0.495. The second-order valence-corrected chi connectivity index (χ2v) is 4.94. The Hall–Kier alpha value is -0.0900. The van der Waals surface area contributed by atoms with Crippen LogP contribution in [0, 0.1) is 5.92 Å². The summed E-state index contributed by atoms with van der Waals surface area (Å²) in [6.07, 6.45) is 2.49. The Kier molecular flexibility index (Phi) is 3.12. The van der Waals surface area contributed by atoms with Crippen molar-refractivity contribution in [1.82, 2.24) is 5.43 Å². The van der Waals surface area contributed by atoms with E-state index in [9.17, 15) is 0 Å². The molecule has 4 heteroatoms. The Labute approximate surface area is 96.9 Å². The molecule has 0 aliphatic heterocycles. The van der Waals surface area contributed by atoms with Crippen LogP contribution in [0.5, 0.6) is 0 Å². The van der Waals surface area contributed by atoms with Crippen LogP contribution in [0.1, 0.15) is 24.4 Å². The van der Waals surface area contributed by atoms with Gasteiger partial charge in [0, 0.05) is 15.5 Å². The van der Waals surface area contributed by atoms with Gasteiger partial charge in [-0.25, -0.2) is 0 Å². The summed E-state index contributed by atoms with van der Waals surface area (Å²) in [6, 6.07) is 6.03. The summed E-state index contributed by atoms with van der Waals surface area (Å²) in [5.74, 6) is 6.21. The van der Waals surface area contributed by atoms with Crippen molar-refractivity contribution in [2.75, 3.05) is 0 Å². The molecule has 1 atom stereocenters. The van der Waals surface area contributed by atoms with Crippen molar-refractivity contribution in [3.63, 3.8) is 0 Å². The van der Waals surface area contributed by atoms with Crippen LogP contribution >= 0.6 is 27.5 Å². The van der Waals surface area contributed by atoms with Gasteiger partial charge in [0.25, 0.3) is 0 Å². The number of hydrazine groups is 1. The van der Waals surface area contributed by atoms with Gasteiger partial charge in [-0.3, -0.25) is 11.3 Å². The monoisotopic (exact) mass is 274 g/mol. The fraction of sp³-hybridized carbons (Fsp3) is 0.400. The summed E-state index contributed by atoms with van der Waals surface area (Å²) in [4.78, 5) is 0. The van der Waals surface area contributed by atoms with Gasteiger partial charge in [-0.15, -0.1) is 0 Å². The Morgan fingerprint density at radius 2 is 2.21 bits per heavy atom. The maximum absolute atomic E-state index is 5.95. The van der Waals surface area contributed by atoms with E-state index in [2.05, 4.69) is 21.4 Å². The topological polar surface area (TPSA) is 38.0 Å². The molecule has 0 saturated heterocycles. The van der Waals surface area contributed by atoms with Crippen LogP contribution < -0.4 is 11.3 Å². The molecular formula is C10H12BrClN2. The molecule has 2 rings (SSSR count). The molecule has 14 heavy (non-hydrogen) atoms. The van der Waals surface area contributed by atoms with Gasteiger partial charge < -0.3 is 0 Å². The Bertz CT molecular complexity index is 339. The van der Waals surface area contributed by atoms with E-state index in [4.69, 9.17) is 17.4 Å². The number of nitrogens with two attached hydrogens (primary N) is 1. The van der Waals surface area contributed by atoms with E-state index in [1.54, 1.807) is 0 Å². The normalized spacial score (nSPS) is 18.2. The third kappa shape index (κ3) is 2.11. The molecule has 0 spiro atoms. The van der Waals surface area contributed by atoms with Crippen LogP contribution in [-0.2, 0) is 0 Å². The molecule has 0 heterocycles. The van der Waals surface area contributed by atoms with E-state index in [1.807, 2.05) is 18.2 Å². The van der Waals surface area contributed by atoms with Crippen LogP contribution in [0.2, 0.25) is 5.02 Å². The molecule has 0 bridgehead atoms. The van der Waals surface area contributed by atoms with Crippen LogP contribution in [0.15, 0.2) is 22.7 Å². The molecular weight excluding hydrogens is 263 g/mol. The molecule has 0 amide bonds. The molecule has 1 aliphatic rings. The van der Waals surface area contributed by atoms with Crippen molar-refractivity contribution >= 4 is 27.5 Å². The second-order valence-electron chi connectivity index (χ2n) is 3.65. The lowest BCUT2D eigenvalue weighted by Gasteiger charge is -2.17. The molecule has 2 nitrogen and oxygen atoms in total. The zero-order valence-corrected chi connectivity index (χ0v) is 9.98. The molecule has 1 aliphatic carbocycles. The third-order valence-electron chi connectivity index (χ3n) is 2.57. The number of hydrogen-bond donors (Lipinski definition) is 2. The Balaban J connectivity index is 2.32. The largest absolute Gasteiger partial charge is 0.271 e. The zero-order valence-electron chi connectivity index (χ0n) is 7.63. The first-order chi connectivity index (χ1) is 6.72. The smallest absolute Gasteiger partial charge is 0.0499 e. The SMILES string of the molecule is NNC(c1cc(Cl)ccc1Br)C1CC1. The molecule has 0 aromatic heterocycles. The van der Waals surface area contributed by atoms with Gasteiger partial charge in [0.15, 0.2) is 0 Å². The molecule has 1 aromatic rings. The first-order valence-electron chi connectivity index (χ1n) is 4.63. The first kappa shape index (κ1) is 10.4. The van der Waals surface area contributed by atoms with Gasteiger partial charge in [-0.2, -0.15) is 0 Å². The van der Waals surface area contributed by atoms with Crippen LogP contribution in [0.4, 0.5) is 0 Å². The van der Waals surface area contributed by atoms with Crippen molar-refractivity contribution in [3.05, 3.63) is 33.3 Å². The minimum absolute atomic E-state index is 0.225. The fourth-order valence-corrected chi connectivity index (χ4v) is 2.34. The summed E-state index contributed by atoms with van der Waals surface area (Å²) in [7, 11) is 0. The van der Waals surface area contributed by atoms with E-state index in [-0.39, 0.29) is 6.04 Å². The molecule has 1 saturated carbocycles. The van der Waals surface area contributed by atoms with E-state index < -0.39 is 0 Å². The number of rotatable bonds is 3. The fourth-order valence-electron chi connectivity index (χ4n) is 1.66. The van der Waals surface area contributed by atoms with Gasteiger partial charge in [-0.05, 0) is 42.5 Å². The predicted octanol–water partition coefficient (Wildman–Crippen LogP) is 3.02. The highest BCUT2D eigenvalue weighted by molar-refractivity contribution is 9.10. The number of hydrogen-bond acceptors (Lipinski definition) is 2. The van der Waals surface area contributed by atoms with Gasteiger partial charge in [0.1, 0.15) is 0 Å². The van der Waals surface area contributed by atoms with Crippen molar-refractivity contribution in [2.24, 2.45) is 11.8 Å². The Morgan fingerprint density at radius 3 is 2.79 bits per heavy atom. The average molecular weight is 276 g/mol. The van der Waals surface area contributed by atoms with Crippen LogP contribution in [0.25, 0.3) is 0 Å². The standard InChI is InChI=1S/C10H12BrClN2/c11-9-4-3-7(12)5-8(9)10(14-13)6-1-2-6/h3-6,10,14H,1-2,13H2. The first-order valence-corrected chi connectivity index (χ1v) is 5.80. The Morgan fingerprint density at radius 1 is 1.50 bits per heavy atom. The summed E-state index contributed by atoms with van der Waals surface area (Å²) in [5, 5.41) is 0.754. The average Bonchev–Trinajstić information content (AvgIpc) is 2.96. The van der Waals surface area contributed by atoms with Crippen molar-refractivity contribution in [2.45, 2.75) is 18.9 Å². The highest BCUT2D eigenvalue weighted by atomic mass is 79.9. The van der Waals surface area contributed by atoms with Crippen molar-refractivity contribution in [1.29, 1.82) is 0 Å². The summed E-state index contributed by atoms with van der Waals surface area (Å²) in [5.41, 5.74) is 4.01. The highest BCUT2D eigenvalue weighted by Crippen LogP contribution is 2.42. The van der Waals surface area contributed by atoms with E-state index in [0.29, 0.717) is 5.92 Å². The number of nitrogens with one attached hydrogen (secondary N) is 1. The quantitative estimate of drug-likeness (QED) is 0.657. The second kappa shape index (κ2) is 4.19. The molecule has 0 radical (unpaired) electrons. The molecule has 1 unspecified atom stereocenters. The van der Waals surface area contributed by atoms with Gasteiger partial charge in [-0.1, -0.05) is 27.5 Å². The number of halogens is 2. The van der Waals surface area contributed by atoms with Gasteiger partial charge in [0.2, 0.25) is 0 Å². The third-order valence-corrected chi connectivity index (χ3v) is 3.52. The minimum atomic E-state index is 0.225. The predicted molar refractivity (Wildman–Crippen MR) is 61.9 cm³/mol. The van der Waals surface area contributed by atoms with Gasteiger partial charge >= 0.3 is 0 Å². The van der Waals surface area contributed by atoms with E-state index in [1.165, 1.54) is 12.8 Å². The maximum Gasteiger partial charge on any atom is 0.0499 e. The van der Waals surface area contributed by atoms with Crippen LogP contribution in [-0.4, -0.2) is 0 Å². The van der Waals surface area contributed by atoms with Crippen molar-refractivity contribution in [3.8, 4) is 0 Å². The zero-order chi connectivity index (χ0) is 10.1. The lowest BCUT2D eigenvalue weighted by atomic mass is 10.0. The summed E-state index contributed by atoms with van der Waals surface area (Å²) < 4.78 is 1.07. The maximum atomic E-state index is 5.95. The molecule has 3 N–H and O–H groups in total. The van der Waals surface area contributed by atoms with Crippen molar-refractivity contribution < 1.29 is 0 Å². The molecule has 1 aromatic carbocycles. The number of benzene rings is 1. The summed E-state index contributed by atoms with van der Waals surface area (Å²) >= 11 is 9.47. The lowest BCUT2D eigenvalue weighted by Crippen LogP contribution is -2.29. The van der Waals surface area contributed by atoms with E-state index in [0.717, 1.165) is 15.1 Å². The summed E-state index contributed by atoms with van der Waals surface area (Å²) in [6.45, 7) is 0. The molecule has 1 fully saturated rings. The molecule has 76 valence electrons.